The van der Waals surface area contributed by atoms with Crippen LogP contribution in [0.15, 0.2) is 197 Å². The molecule has 3 nitrogen and oxygen atoms in total. The zero-order valence-electron chi connectivity index (χ0n) is 28.7. The monoisotopic (exact) mass is 677 g/mol. The van der Waals surface area contributed by atoms with Gasteiger partial charge in [0.2, 0.25) is 0 Å². The zero-order chi connectivity index (χ0) is 34.9. The van der Waals surface area contributed by atoms with Crippen LogP contribution in [0.25, 0.3) is 87.7 Å². The minimum Gasteiger partial charge on any atom is -0.455 e. The Morgan fingerprint density at radius 3 is 1.79 bits per heavy atom. The molecule has 11 aromatic rings. The first kappa shape index (κ1) is 29.6. The van der Waals surface area contributed by atoms with Crippen molar-refractivity contribution in [2.75, 3.05) is 4.90 Å². The van der Waals surface area contributed by atoms with Crippen LogP contribution >= 0.6 is 0 Å². The molecule has 0 saturated carbocycles. The summed E-state index contributed by atoms with van der Waals surface area (Å²) < 4.78 is 13.1. The Bertz CT molecular complexity index is 3180. The van der Waals surface area contributed by atoms with Crippen molar-refractivity contribution >= 4 is 82.5 Å². The Morgan fingerprint density at radius 1 is 0.321 bits per heavy atom. The van der Waals surface area contributed by atoms with Gasteiger partial charge in [-0.1, -0.05) is 146 Å². The minimum atomic E-state index is 0.879. The smallest absolute Gasteiger partial charge is 0.143 e. The van der Waals surface area contributed by atoms with Gasteiger partial charge in [-0.2, -0.15) is 0 Å². The molecule has 0 aliphatic rings. The fourth-order valence-electron chi connectivity index (χ4n) is 8.25. The molecule has 0 aliphatic carbocycles. The maximum absolute atomic E-state index is 6.64. The van der Waals surface area contributed by atoms with E-state index in [4.69, 9.17) is 8.83 Å². The number of benzene rings is 9. The Kier molecular flexibility index (Phi) is 6.55. The lowest BCUT2D eigenvalue weighted by atomic mass is 9.95. The van der Waals surface area contributed by atoms with Crippen LogP contribution in [0.3, 0.4) is 0 Å². The minimum absolute atomic E-state index is 0.879. The Hall–Kier alpha value is -7.10. The van der Waals surface area contributed by atoms with E-state index in [0.717, 1.165) is 88.6 Å². The van der Waals surface area contributed by atoms with Crippen molar-refractivity contribution in [1.82, 2.24) is 0 Å². The summed E-state index contributed by atoms with van der Waals surface area (Å²) in [6.45, 7) is 0. The Balaban J connectivity index is 1.13. The Morgan fingerprint density at radius 2 is 0.906 bits per heavy atom. The quantitative estimate of drug-likeness (QED) is 0.182. The molecule has 53 heavy (non-hydrogen) atoms. The summed E-state index contributed by atoms with van der Waals surface area (Å²) in [5, 5.41) is 9.16. The maximum atomic E-state index is 6.64. The van der Waals surface area contributed by atoms with E-state index in [1.165, 1.54) is 16.2 Å². The Labute approximate surface area is 305 Å². The molecular formula is C50H31NO2. The van der Waals surface area contributed by atoms with Crippen molar-refractivity contribution in [1.29, 1.82) is 0 Å². The first-order chi connectivity index (χ1) is 26.3. The van der Waals surface area contributed by atoms with Crippen LogP contribution in [-0.4, -0.2) is 0 Å². The number of hydrogen-bond donors (Lipinski definition) is 0. The van der Waals surface area contributed by atoms with E-state index in [1.54, 1.807) is 0 Å². The molecule has 9 aromatic carbocycles. The van der Waals surface area contributed by atoms with Crippen LogP contribution in [0.1, 0.15) is 0 Å². The molecule has 0 atom stereocenters. The van der Waals surface area contributed by atoms with E-state index in [-0.39, 0.29) is 0 Å². The number of hydrogen-bond acceptors (Lipinski definition) is 3. The molecule has 0 radical (unpaired) electrons. The van der Waals surface area contributed by atoms with Gasteiger partial charge < -0.3 is 13.7 Å². The van der Waals surface area contributed by atoms with Gasteiger partial charge in [0.15, 0.2) is 0 Å². The van der Waals surface area contributed by atoms with E-state index in [2.05, 4.69) is 181 Å². The molecule has 0 N–H and O–H groups in total. The highest BCUT2D eigenvalue weighted by Crippen LogP contribution is 2.47. The molecule has 0 saturated heterocycles. The van der Waals surface area contributed by atoms with E-state index in [0.29, 0.717) is 0 Å². The summed E-state index contributed by atoms with van der Waals surface area (Å²) >= 11 is 0. The van der Waals surface area contributed by atoms with Gasteiger partial charge in [-0.25, -0.2) is 0 Å². The normalized spacial score (nSPS) is 11.8. The average Bonchev–Trinajstić information content (AvgIpc) is 3.81. The second-order valence-electron chi connectivity index (χ2n) is 13.6. The molecular weight excluding hydrogens is 647 g/mol. The molecule has 0 fully saturated rings. The number of para-hydroxylation sites is 3. The molecule has 0 unspecified atom stereocenters. The highest BCUT2D eigenvalue weighted by Gasteiger charge is 2.22. The molecule has 11 rings (SSSR count). The van der Waals surface area contributed by atoms with E-state index < -0.39 is 0 Å². The molecule has 0 spiro atoms. The molecule has 0 aliphatic heterocycles. The van der Waals surface area contributed by atoms with Crippen molar-refractivity contribution in [2.24, 2.45) is 0 Å². The second-order valence-corrected chi connectivity index (χ2v) is 13.6. The van der Waals surface area contributed by atoms with Gasteiger partial charge in [-0.15, -0.1) is 0 Å². The van der Waals surface area contributed by atoms with Gasteiger partial charge in [0.05, 0.1) is 11.4 Å². The number of fused-ring (bicyclic) bond motifs is 9. The van der Waals surface area contributed by atoms with Crippen LogP contribution in [0.5, 0.6) is 0 Å². The van der Waals surface area contributed by atoms with Crippen LogP contribution in [-0.2, 0) is 0 Å². The molecule has 0 amide bonds. The summed E-state index contributed by atoms with van der Waals surface area (Å²) in [5.41, 5.74) is 11.3. The number of anilines is 3. The third-order valence-corrected chi connectivity index (χ3v) is 10.7. The topological polar surface area (TPSA) is 29.5 Å². The summed E-state index contributed by atoms with van der Waals surface area (Å²) in [5.74, 6) is 0. The third kappa shape index (κ3) is 4.61. The lowest BCUT2D eigenvalue weighted by molar-refractivity contribution is 0.670. The molecule has 2 aromatic heterocycles. The maximum Gasteiger partial charge on any atom is 0.143 e. The number of rotatable bonds is 5. The molecule has 2 heterocycles. The third-order valence-electron chi connectivity index (χ3n) is 10.7. The summed E-state index contributed by atoms with van der Waals surface area (Å²) in [7, 11) is 0. The van der Waals surface area contributed by atoms with Crippen LogP contribution in [0.2, 0.25) is 0 Å². The first-order valence-corrected chi connectivity index (χ1v) is 18.0. The standard InChI is InChI=1S/C50H31NO2/c1-3-15-36-32(12-1)14-9-23-44(36)51(35-29-26-34(27-30-35)38-19-10-21-42-40-18-6-8-24-46(40)52-49(38)42)45-22-7-5-17-39(45)41-20-11-25-47-48(41)43-31-28-33-13-2-4-16-37(33)50(43)53-47/h1-31H. The van der Waals surface area contributed by atoms with Crippen molar-refractivity contribution in [3.63, 3.8) is 0 Å². The van der Waals surface area contributed by atoms with Gasteiger partial charge in [0.1, 0.15) is 22.3 Å². The van der Waals surface area contributed by atoms with Gasteiger partial charge in [0, 0.05) is 49.1 Å². The molecule has 0 bridgehead atoms. The predicted molar refractivity (Wildman–Crippen MR) is 222 cm³/mol. The fourth-order valence-corrected chi connectivity index (χ4v) is 8.25. The largest absolute Gasteiger partial charge is 0.455 e. The van der Waals surface area contributed by atoms with Crippen molar-refractivity contribution in [3.05, 3.63) is 188 Å². The molecule has 248 valence electrons. The fraction of sp³-hybridized carbons (Fsp3) is 0. The van der Waals surface area contributed by atoms with Crippen molar-refractivity contribution in [2.45, 2.75) is 0 Å². The van der Waals surface area contributed by atoms with Gasteiger partial charge in [-0.3, -0.25) is 0 Å². The van der Waals surface area contributed by atoms with Gasteiger partial charge in [0.25, 0.3) is 0 Å². The van der Waals surface area contributed by atoms with E-state index >= 15 is 0 Å². The lowest BCUT2D eigenvalue weighted by Crippen LogP contribution is -2.11. The SMILES string of the molecule is c1ccc(N(c2ccc(-c3cccc4c3oc3ccccc34)cc2)c2cccc3ccccc23)c(-c2cccc3oc4c5ccccc5ccc4c23)c1. The predicted octanol–water partition coefficient (Wildman–Crippen LogP) is 14.6. The van der Waals surface area contributed by atoms with Gasteiger partial charge in [-0.05, 0) is 64.4 Å². The summed E-state index contributed by atoms with van der Waals surface area (Å²) in [4.78, 5) is 2.40. The van der Waals surface area contributed by atoms with Crippen molar-refractivity contribution in [3.8, 4) is 22.3 Å². The van der Waals surface area contributed by atoms with Crippen LogP contribution in [0, 0.1) is 0 Å². The zero-order valence-corrected chi connectivity index (χ0v) is 28.7. The number of furan rings is 2. The lowest BCUT2D eigenvalue weighted by Gasteiger charge is -2.29. The number of nitrogens with zero attached hydrogens (tertiary/aromatic N) is 1. The van der Waals surface area contributed by atoms with Crippen molar-refractivity contribution < 1.29 is 8.83 Å². The average molecular weight is 678 g/mol. The summed E-state index contributed by atoms with van der Waals surface area (Å²) in [6.07, 6.45) is 0. The molecule has 3 heteroatoms. The second kappa shape index (κ2) is 11.7. The van der Waals surface area contributed by atoms with E-state index in [1.807, 2.05) is 12.1 Å². The summed E-state index contributed by atoms with van der Waals surface area (Å²) in [6, 6.07) is 66.7. The highest BCUT2D eigenvalue weighted by atomic mass is 16.3. The van der Waals surface area contributed by atoms with Gasteiger partial charge >= 0.3 is 0 Å². The van der Waals surface area contributed by atoms with Crippen LogP contribution in [0.4, 0.5) is 17.1 Å². The highest BCUT2D eigenvalue weighted by molar-refractivity contribution is 6.20. The van der Waals surface area contributed by atoms with Crippen LogP contribution < -0.4 is 4.90 Å². The van der Waals surface area contributed by atoms with E-state index in [9.17, 15) is 0 Å². The first-order valence-electron chi connectivity index (χ1n) is 18.0.